The highest BCUT2D eigenvalue weighted by Crippen LogP contribution is 2.35. The van der Waals surface area contributed by atoms with E-state index in [2.05, 4.69) is 9.97 Å². The van der Waals surface area contributed by atoms with Crippen LogP contribution >= 0.6 is 0 Å². The molecular formula is C17H17F2N3O3. The lowest BCUT2D eigenvalue weighted by molar-refractivity contribution is 0.0363. The van der Waals surface area contributed by atoms with Gasteiger partial charge in [-0.25, -0.2) is 23.5 Å². The summed E-state index contributed by atoms with van der Waals surface area (Å²) in [4.78, 5) is 19.4. The molecule has 25 heavy (non-hydrogen) atoms. The number of aromatic carboxylic acids is 1. The van der Waals surface area contributed by atoms with Gasteiger partial charge >= 0.3 is 5.97 Å². The van der Waals surface area contributed by atoms with Gasteiger partial charge in [0.15, 0.2) is 0 Å². The quantitative estimate of drug-likeness (QED) is 0.785. The molecule has 1 heterocycles. The standard InChI is InChI=1S/C17H17F2N3O3/c18-11-6-9(1-3-10(11)17(24)25)15-16(20)21-7-13(22-15)8-2-4-14(23)12(19)5-8/h1,3,6-8,12,14,23H,2,4-5H2,(H2,20,21)(H,24,25). The number of aliphatic hydroxyl groups is 1. The number of nitrogen functional groups attached to an aromatic ring is 1. The molecule has 3 rings (SSSR count). The normalized spacial score (nSPS) is 23.4. The van der Waals surface area contributed by atoms with Crippen LogP contribution < -0.4 is 5.73 Å². The van der Waals surface area contributed by atoms with Crippen molar-refractivity contribution in [2.24, 2.45) is 0 Å². The van der Waals surface area contributed by atoms with E-state index in [0.29, 0.717) is 24.1 Å². The van der Waals surface area contributed by atoms with Crippen molar-refractivity contribution in [3.8, 4) is 11.3 Å². The van der Waals surface area contributed by atoms with Gasteiger partial charge < -0.3 is 15.9 Å². The summed E-state index contributed by atoms with van der Waals surface area (Å²) in [6.45, 7) is 0. The van der Waals surface area contributed by atoms with Gasteiger partial charge in [0, 0.05) is 11.5 Å². The minimum Gasteiger partial charge on any atom is -0.478 e. The zero-order valence-electron chi connectivity index (χ0n) is 13.2. The first kappa shape index (κ1) is 17.2. The molecule has 6 nitrogen and oxygen atoms in total. The van der Waals surface area contributed by atoms with Crippen LogP contribution in [0.3, 0.4) is 0 Å². The second-order valence-electron chi connectivity index (χ2n) is 6.12. The Kier molecular flexibility index (Phi) is 4.63. The number of rotatable bonds is 3. The molecule has 132 valence electrons. The van der Waals surface area contributed by atoms with E-state index in [1.54, 1.807) is 0 Å². The molecular weight excluding hydrogens is 332 g/mol. The van der Waals surface area contributed by atoms with Crippen LogP contribution in [-0.4, -0.2) is 38.4 Å². The summed E-state index contributed by atoms with van der Waals surface area (Å²) in [6.07, 6.45) is 0.187. The van der Waals surface area contributed by atoms with Crippen LogP contribution in [0.1, 0.15) is 41.2 Å². The van der Waals surface area contributed by atoms with Gasteiger partial charge in [-0.05, 0) is 31.4 Å². The van der Waals surface area contributed by atoms with Crippen LogP contribution in [-0.2, 0) is 0 Å². The fourth-order valence-corrected chi connectivity index (χ4v) is 3.03. The number of alkyl halides is 1. The van der Waals surface area contributed by atoms with Crippen molar-refractivity contribution in [2.75, 3.05) is 5.73 Å². The number of anilines is 1. The van der Waals surface area contributed by atoms with Crippen LogP contribution in [0.25, 0.3) is 11.3 Å². The van der Waals surface area contributed by atoms with Gasteiger partial charge in [0.05, 0.1) is 23.6 Å². The molecule has 1 aromatic heterocycles. The number of halogens is 2. The molecule has 1 fully saturated rings. The third-order valence-electron chi connectivity index (χ3n) is 4.45. The van der Waals surface area contributed by atoms with Crippen LogP contribution in [0.2, 0.25) is 0 Å². The average Bonchev–Trinajstić information content (AvgIpc) is 2.57. The predicted octanol–water partition coefficient (Wildman–Crippen LogP) is 2.53. The molecule has 0 radical (unpaired) electrons. The van der Waals surface area contributed by atoms with E-state index < -0.39 is 29.6 Å². The number of nitrogens with zero attached hydrogens (tertiary/aromatic N) is 2. The van der Waals surface area contributed by atoms with Crippen molar-refractivity contribution < 1.29 is 23.8 Å². The van der Waals surface area contributed by atoms with E-state index in [1.165, 1.54) is 12.3 Å². The summed E-state index contributed by atoms with van der Waals surface area (Å²) < 4.78 is 27.7. The number of hydrogen-bond acceptors (Lipinski definition) is 5. The van der Waals surface area contributed by atoms with Crippen molar-refractivity contribution in [1.29, 1.82) is 0 Å². The maximum absolute atomic E-state index is 13.9. The third kappa shape index (κ3) is 3.43. The van der Waals surface area contributed by atoms with Crippen molar-refractivity contribution in [3.63, 3.8) is 0 Å². The van der Waals surface area contributed by atoms with Gasteiger partial charge in [0.1, 0.15) is 23.5 Å². The van der Waals surface area contributed by atoms with E-state index in [-0.39, 0.29) is 23.9 Å². The molecule has 3 unspecified atom stereocenters. The Morgan fingerprint density at radius 1 is 1.32 bits per heavy atom. The Labute approximate surface area is 142 Å². The Morgan fingerprint density at radius 3 is 2.72 bits per heavy atom. The van der Waals surface area contributed by atoms with Gasteiger partial charge in [0.2, 0.25) is 0 Å². The Morgan fingerprint density at radius 2 is 2.08 bits per heavy atom. The van der Waals surface area contributed by atoms with E-state index in [4.69, 9.17) is 10.8 Å². The fourth-order valence-electron chi connectivity index (χ4n) is 3.03. The molecule has 0 amide bonds. The number of benzene rings is 1. The van der Waals surface area contributed by atoms with E-state index >= 15 is 0 Å². The largest absolute Gasteiger partial charge is 0.478 e. The molecule has 0 bridgehead atoms. The second kappa shape index (κ2) is 6.72. The maximum atomic E-state index is 13.9. The summed E-state index contributed by atoms with van der Waals surface area (Å²) in [7, 11) is 0. The minimum atomic E-state index is -1.37. The number of carboxylic acid groups (broad SMARTS) is 1. The highest BCUT2D eigenvalue weighted by molar-refractivity contribution is 5.88. The SMILES string of the molecule is Nc1ncc(C2CCC(O)C(F)C2)nc1-c1ccc(C(=O)O)c(F)c1. The monoisotopic (exact) mass is 349 g/mol. The molecule has 4 N–H and O–H groups in total. The first-order chi connectivity index (χ1) is 11.9. The molecule has 1 aliphatic rings. The van der Waals surface area contributed by atoms with Crippen LogP contribution in [0.4, 0.5) is 14.6 Å². The number of carbonyl (C=O) groups is 1. The summed E-state index contributed by atoms with van der Waals surface area (Å²) in [6, 6.07) is 3.57. The number of nitrogens with two attached hydrogens (primary N) is 1. The van der Waals surface area contributed by atoms with Gasteiger partial charge in [-0.2, -0.15) is 0 Å². The van der Waals surface area contributed by atoms with Gasteiger partial charge in [0.25, 0.3) is 0 Å². The minimum absolute atomic E-state index is 0.0684. The van der Waals surface area contributed by atoms with Crippen LogP contribution in [0.5, 0.6) is 0 Å². The lowest BCUT2D eigenvalue weighted by Gasteiger charge is -2.28. The van der Waals surface area contributed by atoms with Gasteiger partial charge in [-0.1, -0.05) is 6.07 Å². The molecule has 0 spiro atoms. The first-order valence-electron chi connectivity index (χ1n) is 7.84. The summed E-state index contributed by atoms with van der Waals surface area (Å²) in [5.74, 6) is -2.42. The molecule has 0 saturated heterocycles. The molecule has 0 aliphatic heterocycles. The van der Waals surface area contributed by atoms with E-state index in [0.717, 1.165) is 12.1 Å². The van der Waals surface area contributed by atoms with E-state index in [1.807, 2.05) is 0 Å². The lowest BCUT2D eigenvalue weighted by atomic mass is 9.84. The van der Waals surface area contributed by atoms with Crippen molar-refractivity contribution in [1.82, 2.24) is 9.97 Å². The Balaban J connectivity index is 1.95. The smallest absolute Gasteiger partial charge is 0.338 e. The Bertz CT molecular complexity index is 816. The molecule has 1 aliphatic carbocycles. The second-order valence-corrected chi connectivity index (χ2v) is 6.12. The Hall–Kier alpha value is -2.61. The van der Waals surface area contributed by atoms with Crippen LogP contribution in [0, 0.1) is 5.82 Å². The first-order valence-corrected chi connectivity index (χ1v) is 7.84. The summed E-state index contributed by atoms with van der Waals surface area (Å²) in [5, 5.41) is 18.4. The number of carboxylic acids is 1. The maximum Gasteiger partial charge on any atom is 0.338 e. The fraction of sp³-hybridized carbons (Fsp3) is 0.353. The van der Waals surface area contributed by atoms with Crippen molar-refractivity contribution >= 4 is 11.8 Å². The lowest BCUT2D eigenvalue weighted by Crippen LogP contribution is -2.30. The number of hydrogen-bond donors (Lipinski definition) is 3. The van der Waals surface area contributed by atoms with Crippen LogP contribution in [0.15, 0.2) is 24.4 Å². The zero-order chi connectivity index (χ0) is 18.1. The van der Waals surface area contributed by atoms with Gasteiger partial charge in [-0.3, -0.25) is 0 Å². The number of aliphatic hydroxyl groups excluding tert-OH is 1. The molecule has 1 aromatic carbocycles. The highest BCUT2D eigenvalue weighted by Gasteiger charge is 2.31. The molecule has 2 aromatic rings. The van der Waals surface area contributed by atoms with Crippen molar-refractivity contribution in [3.05, 3.63) is 41.5 Å². The molecule has 1 saturated carbocycles. The predicted molar refractivity (Wildman–Crippen MR) is 86.3 cm³/mol. The summed E-state index contributed by atoms with van der Waals surface area (Å²) in [5.41, 5.74) is 6.40. The molecule has 8 heteroatoms. The topological polar surface area (TPSA) is 109 Å². The van der Waals surface area contributed by atoms with E-state index in [9.17, 15) is 18.7 Å². The average molecular weight is 349 g/mol. The highest BCUT2D eigenvalue weighted by atomic mass is 19.1. The molecule has 3 atom stereocenters. The number of aromatic nitrogens is 2. The summed E-state index contributed by atoms with van der Waals surface area (Å²) >= 11 is 0. The van der Waals surface area contributed by atoms with Gasteiger partial charge in [-0.15, -0.1) is 0 Å². The third-order valence-corrected chi connectivity index (χ3v) is 4.45. The van der Waals surface area contributed by atoms with Crippen molar-refractivity contribution in [2.45, 2.75) is 37.5 Å². The zero-order valence-corrected chi connectivity index (χ0v) is 13.2.